The molecule has 1 amide bonds. The molecule has 1 unspecified atom stereocenters. The summed E-state index contributed by atoms with van der Waals surface area (Å²) in [5.41, 5.74) is 1.59. The van der Waals surface area contributed by atoms with Gasteiger partial charge in [0.05, 0.1) is 11.3 Å². The van der Waals surface area contributed by atoms with Gasteiger partial charge in [0, 0.05) is 31.9 Å². The number of hydrogen-bond acceptors (Lipinski definition) is 3. The Labute approximate surface area is 120 Å². The third-order valence-electron chi connectivity index (χ3n) is 4.32. The number of carbonyl (C=O) groups is 1. The average Bonchev–Trinajstić information content (AvgIpc) is 3.22. The molecule has 2 aliphatic rings. The van der Waals surface area contributed by atoms with Gasteiger partial charge in [-0.15, -0.1) is 0 Å². The van der Waals surface area contributed by atoms with E-state index in [0.29, 0.717) is 12.1 Å². The number of aromatic nitrogens is 2. The van der Waals surface area contributed by atoms with E-state index < -0.39 is 0 Å². The fourth-order valence-electron chi connectivity index (χ4n) is 3.07. The van der Waals surface area contributed by atoms with Crippen molar-refractivity contribution in [2.24, 2.45) is 7.05 Å². The second-order valence-electron chi connectivity index (χ2n) is 6.14. The minimum absolute atomic E-state index is 0.158. The van der Waals surface area contributed by atoms with E-state index in [1.165, 1.54) is 19.3 Å². The summed E-state index contributed by atoms with van der Waals surface area (Å²) in [6.45, 7) is 3.85. The van der Waals surface area contributed by atoms with E-state index in [9.17, 15) is 4.79 Å². The van der Waals surface area contributed by atoms with Crippen LogP contribution in [0.4, 0.5) is 0 Å². The minimum atomic E-state index is 0.158. The van der Waals surface area contributed by atoms with Crippen molar-refractivity contribution in [3.05, 3.63) is 17.5 Å². The second kappa shape index (κ2) is 5.56. The SMILES string of the molecule is Cc1nn(C)cc1C(=O)N(CC1CCCCN1)C1CC1. The van der Waals surface area contributed by atoms with Gasteiger partial charge in [-0.1, -0.05) is 6.42 Å². The van der Waals surface area contributed by atoms with Crippen LogP contribution in [-0.4, -0.2) is 45.8 Å². The third-order valence-corrected chi connectivity index (χ3v) is 4.32. The maximum Gasteiger partial charge on any atom is 0.257 e. The molecule has 2 heterocycles. The number of amides is 1. The molecule has 1 saturated carbocycles. The monoisotopic (exact) mass is 276 g/mol. The normalized spacial score (nSPS) is 22.8. The van der Waals surface area contributed by atoms with Crippen molar-refractivity contribution in [1.29, 1.82) is 0 Å². The lowest BCUT2D eigenvalue weighted by Gasteiger charge is -2.30. The van der Waals surface area contributed by atoms with Gasteiger partial charge in [-0.2, -0.15) is 5.10 Å². The van der Waals surface area contributed by atoms with Crippen LogP contribution >= 0.6 is 0 Å². The maximum atomic E-state index is 12.8. The van der Waals surface area contributed by atoms with Crippen molar-refractivity contribution < 1.29 is 4.79 Å². The van der Waals surface area contributed by atoms with Crippen LogP contribution in [0.15, 0.2) is 6.20 Å². The summed E-state index contributed by atoms with van der Waals surface area (Å²) in [5.74, 6) is 0.158. The smallest absolute Gasteiger partial charge is 0.257 e. The van der Waals surface area contributed by atoms with Gasteiger partial charge in [0.2, 0.25) is 0 Å². The molecule has 0 aromatic carbocycles. The summed E-state index contributed by atoms with van der Waals surface area (Å²) in [5, 5.41) is 7.84. The second-order valence-corrected chi connectivity index (χ2v) is 6.14. The number of aryl methyl sites for hydroxylation is 2. The fraction of sp³-hybridized carbons (Fsp3) is 0.733. The molecule has 3 rings (SSSR count). The van der Waals surface area contributed by atoms with Crippen molar-refractivity contribution >= 4 is 5.91 Å². The Morgan fingerprint density at radius 3 is 2.80 bits per heavy atom. The molecule has 1 aromatic rings. The van der Waals surface area contributed by atoms with Gasteiger partial charge in [-0.3, -0.25) is 9.48 Å². The first-order chi connectivity index (χ1) is 9.65. The van der Waals surface area contributed by atoms with Crippen LogP contribution in [0.1, 0.15) is 48.2 Å². The van der Waals surface area contributed by atoms with Crippen LogP contribution in [-0.2, 0) is 7.05 Å². The number of nitrogens with zero attached hydrogens (tertiary/aromatic N) is 3. The molecule has 110 valence electrons. The number of piperidine rings is 1. The Morgan fingerprint density at radius 2 is 2.25 bits per heavy atom. The van der Waals surface area contributed by atoms with E-state index in [-0.39, 0.29) is 5.91 Å². The molecule has 20 heavy (non-hydrogen) atoms. The predicted octanol–water partition coefficient (Wildman–Crippen LogP) is 1.48. The Morgan fingerprint density at radius 1 is 1.45 bits per heavy atom. The minimum Gasteiger partial charge on any atom is -0.334 e. The molecule has 1 N–H and O–H groups in total. The van der Waals surface area contributed by atoms with Crippen LogP contribution in [0.2, 0.25) is 0 Å². The zero-order valence-corrected chi connectivity index (χ0v) is 12.4. The molecule has 1 saturated heterocycles. The highest BCUT2D eigenvalue weighted by atomic mass is 16.2. The summed E-state index contributed by atoms with van der Waals surface area (Å²) in [6, 6.07) is 0.913. The van der Waals surface area contributed by atoms with Gasteiger partial charge in [0.25, 0.3) is 5.91 Å². The standard InChI is InChI=1S/C15H24N4O/c1-11-14(10-18(2)17-11)15(20)19(13-6-7-13)9-12-5-3-4-8-16-12/h10,12-13,16H,3-9H2,1-2H3. The highest BCUT2D eigenvalue weighted by Crippen LogP contribution is 2.29. The van der Waals surface area contributed by atoms with Crippen LogP contribution in [0.25, 0.3) is 0 Å². The number of rotatable bonds is 4. The van der Waals surface area contributed by atoms with E-state index in [1.807, 2.05) is 20.2 Å². The Balaban J connectivity index is 1.72. The van der Waals surface area contributed by atoms with Crippen molar-refractivity contribution in [2.75, 3.05) is 13.1 Å². The van der Waals surface area contributed by atoms with Gasteiger partial charge in [-0.25, -0.2) is 0 Å². The number of hydrogen-bond donors (Lipinski definition) is 1. The molecule has 0 radical (unpaired) electrons. The van der Waals surface area contributed by atoms with Crippen LogP contribution in [0.3, 0.4) is 0 Å². The zero-order valence-electron chi connectivity index (χ0n) is 12.4. The van der Waals surface area contributed by atoms with E-state index in [2.05, 4.69) is 15.3 Å². The van der Waals surface area contributed by atoms with Gasteiger partial charge < -0.3 is 10.2 Å². The molecule has 1 aromatic heterocycles. The summed E-state index contributed by atoms with van der Waals surface area (Å²) in [7, 11) is 1.87. The van der Waals surface area contributed by atoms with Crippen LogP contribution in [0.5, 0.6) is 0 Å². The molecule has 0 spiro atoms. The van der Waals surface area contributed by atoms with Gasteiger partial charge in [0.15, 0.2) is 0 Å². The maximum absolute atomic E-state index is 12.8. The predicted molar refractivity (Wildman–Crippen MR) is 77.6 cm³/mol. The van der Waals surface area contributed by atoms with E-state index >= 15 is 0 Å². The Bertz CT molecular complexity index is 486. The molecule has 5 nitrogen and oxygen atoms in total. The van der Waals surface area contributed by atoms with E-state index in [4.69, 9.17) is 0 Å². The lowest BCUT2D eigenvalue weighted by Crippen LogP contribution is -2.46. The number of nitrogens with one attached hydrogen (secondary N) is 1. The summed E-state index contributed by atoms with van der Waals surface area (Å²) in [4.78, 5) is 14.9. The lowest BCUT2D eigenvalue weighted by molar-refractivity contribution is 0.0717. The Hall–Kier alpha value is -1.36. The molecule has 5 heteroatoms. The topological polar surface area (TPSA) is 50.2 Å². The van der Waals surface area contributed by atoms with Crippen molar-refractivity contribution in [2.45, 2.75) is 51.1 Å². The first kappa shape index (κ1) is 13.6. The summed E-state index contributed by atoms with van der Waals surface area (Å²) >= 11 is 0. The van der Waals surface area contributed by atoms with E-state index in [1.54, 1.807) is 4.68 Å². The van der Waals surface area contributed by atoms with Gasteiger partial charge in [-0.05, 0) is 39.2 Å². The van der Waals surface area contributed by atoms with Crippen LogP contribution < -0.4 is 5.32 Å². The molecule has 1 aliphatic carbocycles. The molecular weight excluding hydrogens is 252 g/mol. The van der Waals surface area contributed by atoms with Crippen molar-refractivity contribution in [3.63, 3.8) is 0 Å². The number of carbonyl (C=O) groups excluding carboxylic acids is 1. The molecule has 0 bridgehead atoms. The van der Waals surface area contributed by atoms with Crippen LogP contribution in [0, 0.1) is 6.92 Å². The zero-order chi connectivity index (χ0) is 14.1. The summed E-state index contributed by atoms with van der Waals surface area (Å²) in [6.07, 6.45) is 7.87. The molecule has 2 fully saturated rings. The molecular formula is C15H24N4O. The summed E-state index contributed by atoms with van der Waals surface area (Å²) < 4.78 is 1.73. The quantitative estimate of drug-likeness (QED) is 0.906. The van der Waals surface area contributed by atoms with Gasteiger partial charge in [0.1, 0.15) is 0 Å². The molecule has 1 aliphatic heterocycles. The van der Waals surface area contributed by atoms with Crippen molar-refractivity contribution in [1.82, 2.24) is 20.0 Å². The average molecular weight is 276 g/mol. The third kappa shape index (κ3) is 2.87. The largest absolute Gasteiger partial charge is 0.334 e. The highest BCUT2D eigenvalue weighted by Gasteiger charge is 2.35. The lowest BCUT2D eigenvalue weighted by atomic mass is 10.0. The first-order valence-corrected chi connectivity index (χ1v) is 7.70. The Kier molecular flexibility index (Phi) is 3.78. The first-order valence-electron chi connectivity index (χ1n) is 7.70. The van der Waals surface area contributed by atoms with Crippen molar-refractivity contribution in [3.8, 4) is 0 Å². The van der Waals surface area contributed by atoms with E-state index in [0.717, 1.165) is 37.2 Å². The van der Waals surface area contributed by atoms with Gasteiger partial charge >= 0.3 is 0 Å². The fourth-order valence-corrected chi connectivity index (χ4v) is 3.07. The highest BCUT2D eigenvalue weighted by molar-refractivity contribution is 5.95. The molecule has 1 atom stereocenters.